The zero-order chi connectivity index (χ0) is 20.9. The fraction of sp³-hybridized carbons (Fsp3) is 0.174. The number of hydrogen-bond acceptors (Lipinski definition) is 3. The molecule has 2 N–H and O–H groups in total. The SMILES string of the molecule is Cc1ccc(NS(=O)(=O)c2cccc(C(=O)NC[C@H](C)c3ccccc3)c2)cc1. The molecule has 0 saturated heterocycles. The minimum Gasteiger partial charge on any atom is -0.351 e. The Morgan fingerprint density at radius 1 is 0.931 bits per heavy atom. The van der Waals surface area contributed by atoms with Gasteiger partial charge in [-0.05, 0) is 48.7 Å². The first-order valence-corrected chi connectivity index (χ1v) is 10.9. The molecule has 1 amide bonds. The van der Waals surface area contributed by atoms with Crippen molar-refractivity contribution in [1.29, 1.82) is 0 Å². The average molecular weight is 409 g/mol. The van der Waals surface area contributed by atoms with Crippen LogP contribution in [0.2, 0.25) is 0 Å². The number of sulfonamides is 1. The Hall–Kier alpha value is -3.12. The van der Waals surface area contributed by atoms with Gasteiger partial charge in [0.2, 0.25) is 0 Å². The first-order chi connectivity index (χ1) is 13.8. The van der Waals surface area contributed by atoms with Crippen molar-refractivity contribution in [2.45, 2.75) is 24.7 Å². The zero-order valence-electron chi connectivity index (χ0n) is 16.4. The second-order valence-electron chi connectivity index (χ2n) is 7.02. The molecule has 0 saturated carbocycles. The maximum absolute atomic E-state index is 12.7. The summed E-state index contributed by atoms with van der Waals surface area (Å²) in [4.78, 5) is 12.6. The van der Waals surface area contributed by atoms with Gasteiger partial charge < -0.3 is 5.32 Å². The van der Waals surface area contributed by atoms with E-state index in [0.717, 1.165) is 11.1 Å². The molecule has 0 fully saturated rings. The number of anilines is 1. The molecule has 0 aromatic heterocycles. The number of hydrogen-bond donors (Lipinski definition) is 2. The van der Waals surface area contributed by atoms with Crippen molar-refractivity contribution in [2.24, 2.45) is 0 Å². The van der Waals surface area contributed by atoms with Crippen LogP contribution in [0.15, 0.2) is 83.8 Å². The first-order valence-electron chi connectivity index (χ1n) is 9.38. The van der Waals surface area contributed by atoms with Crippen LogP contribution in [0, 0.1) is 6.92 Å². The number of carbonyl (C=O) groups is 1. The van der Waals surface area contributed by atoms with Crippen LogP contribution in [0.25, 0.3) is 0 Å². The monoisotopic (exact) mass is 408 g/mol. The van der Waals surface area contributed by atoms with Crippen LogP contribution in [-0.4, -0.2) is 20.9 Å². The molecule has 0 heterocycles. The quantitative estimate of drug-likeness (QED) is 0.611. The van der Waals surface area contributed by atoms with Crippen LogP contribution in [0.3, 0.4) is 0 Å². The molecule has 3 rings (SSSR count). The van der Waals surface area contributed by atoms with Crippen LogP contribution < -0.4 is 10.0 Å². The number of carbonyl (C=O) groups excluding carboxylic acids is 1. The van der Waals surface area contributed by atoms with Crippen molar-refractivity contribution in [2.75, 3.05) is 11.3 Å². The van der Waals surface area contributed by atoms with Crippen LogP contribution in [-0.2, 0) is 10.0 Å². The maximum atomic E-state index is 12.7. The fourth-order valence-electron chi connectivity index (χ4n) is 2.89. The van der Waals surface area contributed by atoms with Crippen molar-refractivity contribution >= 4 is 21.6 Å². The van der Waals surface area contributed by atoms with Crippen LogP contribution in [0.4, 0.5) is 5.69 Å². The highest BCUT2D eigenvalue weighted by atomic mass is 32.2. The summed E-state index contributed by atoms with van der Waals surface area (Å²) in [7, 11) is -3.79. The molecule has 29 heavy (non-hydrogen) atoms. The average Bonchev–Trinajstić information content (AvgIpc) is 2.74. The van der Waals surface area contributed by atoms with Crippen molar-refractivity contribution in [1.82, 2.24) is 5.32 Å². The third kappa shape index (κ3) is 5.45. The van der Waals surface area contributed by atoms with Crippen molar-refractivity contribution < 1.29 is 13.2 Å². The minimum atomic E-state index is -3.79. The Balaban J connectivity index is 1.69. The minimum absolute atomic E-state index is 0.0434. The topological polar surface area (TPSA) is 75.3 Å². The largest absolute Gasteiger partial charge is 0.351 e. The number of amides is 1. The molecule has 3 aromatic carbocycles. The lowest BCUT2D eigenvalue weighted by Crippen LogP contribution is -2.27. The van der Waals surface area contributed by atoms with Gasteiger partial charge in [-0.1, -0.05) is 61.0 Å². The molecule has 0 bridgehead atoms. The summed E-state index contributed by atoms with van der Waals surface area (Å²) in [6.07, 6.45) is 0. The van der Waals surface area contributed by atoms with Crippen LogP contribution in [0.5, 0.6) is 0 Å². The summed E-state index contributed by atoms with van der Waals surface area (Å²) in [5.41, 5.74) is 2.95. The third-order valence-corrected chi connectivity index (χ3v) is 6.03. The summed E-state index contributed by atoms with van der Waals surface area (Å²) in [5.74, 6) is -0.157. The summed E-state index contributed by atoms with van der Waals surface area (Å²) in [5, 5.41) is 2.88. The van der Waals surface area contributed by atoms with Gasteiger partial charge in [0.25, 0.3) is 15.9 Å². The highest BCUT2D eigenvalue weighted by Gasteiger charge is 2.17. The molecule has 0 aliphatic heterocycles. The number of nitrogens with one attached hydrogen (secondary N) is 2. The van der Waals surface area contributed by atoms with Gasteiger partial charge in [0.05, 0.1) is 4.90 Å². The lowest BCUT2D eigenvalue weighted by atomic mass is 10.0. The Bertz CT molecular complexity index is 1080. The van der Waals surface area contributed by atoms with Gasteiger partial charge in [0.1, 0.15) is 0 Å². The third-order valence-electron chi connectivity index (χ3n) is 4.65. The lowest BCUT2D eigenvalue weighted by molar-refractivity contribution is 0.0951. The molecule has 3 aromatic rings. The summed E-state index contributed by atoms with van der Waals surface area (Å²) in [6.45, 7) is 4.42. The van der Waals surface area contributed by atoms with E-state index in [1.165, 1.54) is 12.1 Å². The summed E-state index contributed by atoms with van der Waals surface area (Å²) in [6, 6.07) is 23.0. The molecule has 6 heteroatoms. The van der Waals surface area contributed by atoms with E-state index in [9.17, 15) is 13.2 Å². The van der Waals surface area contributed by atoms with Crippen LogP contribution in [0.1, 0.15) is 34.3 Å². The lowest BCUT2D eigenvalue weighted by Gasteiger charge is -2.14. The second-order valence-corrected chi connectivity index (χ2v) is 8.70. The standard InChI is InChI=1S/C23H24N2O3S/c1-17-11-13-21(14-12-17)25-29(27,28)22-10-6-9-20(15-22)23(26)24-16-18(2)19-7-4-3-5-8-19/h3-15,18,25H,16H2,1-2H3,(H,24,26)/t18-/m0/s1. The van der Waals surface area contributed by atoms with Crippen molar-refractivity contribution in [3.63, 3.8) is 0 Å². The van der Waals surface area contributed by atoms with Crippen molar-refractivity contribution in [3.8, 4) is 0 Å². The van der Waals surface area contributed by atoms with E-state index in [0.29, 0.717) is 17.8 Å². The van der Waals surface area contributed by atoms with E-state index in [1.807, 2.05) is 56.3 Å². The summed E-state index contributed by atoms with van der Waals surface area (Å²) < 4.78 is 27.9. The molecule has 0 radical (unpaired) electrons. The number of benzene rings is 3. The molecular formula is C23H24N2O3S. The van der Waals surface area contributed by atoms with Gasteiger partial charge in [-0.2, -0.15) is 0 Å². The molecule has 0 aliphatic carbocycles. The van der Waals surface area contributed by atoms with Gasteiger partial charge in [0.15, 0.2) is 0 Å². The fourth-order valence-corrected chi connectivity index (χ4v) is 3.99. The highest BCUT2D eigenvalue weighted by Crippen LogP contribution is 2.18. The van der Waals surface area contributed by atoms with Crippen molar-refractivity contribution in [3.05, 3.63) is 95.6 Å². The van der Waals surface area contributed by atoms with E-state index in [4.69, 9.17) is 0 Å². The van der Waals surface area contributed by atoms with E-state index in [1.54, 1.807) is 24.3 Å². The van der Waals surface area contributed by atoms with Gasteiger partial charge >= 0.3 is 0 Å². The Morgan fingerprint density at radius 2 is 1.62 bits per heavy atom. The predicted octanol–water partition coefficient (Wildman–Crippen LogP) is 4.33. The van der Waals surface area contributed by atoms with Gasteiger partial charge in [0, 0.05) is 17.8 Å². The smallest absolute Gasteiger partial charge is 0.261 e. The van der Waals surface area contributed by atoms with Gasteiger partial charge in [-0.3, -0.25) is 9.52 Å². The van der Waals surface area contributed by atoms with E-state index in [2.05, 4.69) is 10.0 Å². The molecule has 0 unspecified atom stereocenters. The molecule has 1 atom stereocenters. The van der Waals surface area contributed by atoms with E-state index in [-0.39, 0.29) is 16.7 Å². The first kappa shape index (κ1) is 20.6. The molecule has 0 aliphatic rings. The van der Waals surface area contributed by atoms with Crippen LogP contribution >= 0.6 is 0 Å². The normalized spacial score (nSPS) is 12.2. The molecule has 150 valence electrons. The Morgan fingerprint density at radius 3 is 2.31 bits per heavy atom. The van der Waals surface area contributed by atoms with Gasteiger partial charge in [-0.25, -0.2) is 8.42 Å². The van der Waals surface area contributed by atoms with E-state index >= 15 is 0 Å². The van der Waals surface area contributed by atoms with Gasteiger partial charge in [-0.15, -0.1) is 0 Å². The predicted molar refractivity (Wildman–Crippen MR) is 116 cm³/mol. The number of aryl methyl sites for hydroxylation is 1. The Labute approximate surface area is 171 Å². The molecule has 5 nitrogen and oxygen atoms in total. The number of rotatable bonds is 7. The summed E-state index contributed by atoms with van der Waals surface area (Å²) >= 11 is 0. The molecular weight excluding hydrogens is 384 g/mol. The molecule has 0 spiro atoms. The second kappa shape index (κ2) is 8.92. The maximum Gasteiger partial charge on any atom is 0.261 e. The Kier molecular flexibility index (Phi) is 6.34. The zero-order valence-corrected chi connectivity index (χ0v) is 17.2. The van der Waals surface area contributed by atoms with E-state index < -0.39 is 10.0 Å². The highest BCUT2D eigenvalue weighted by molar-refractivity contribution is 7.92.